The summed E-state index contributed by atoms with van der Waals surface area (Å²) in [5, 5.41) is 3.38. The largest absolute Gasteiger partial charge is 0.478 e. The van der Waals surface area contributed by atoms with Crippen molar-refractivity contribution in [3.05, 3.63) is 54.4 Å². The molecule has 4 rings (SSSR count). The van der Waals surface area contributed by atoms with Gasteiger partial charge >= 0.3 is 0 Å². The lowest BCUT2D eigenvalue weighted by molar-refractivity contribution is -0.125. The number of likely N-dealkylation sites (tertiary alicyclic amines) is 1. The van der Waals surface area contributed by atoms with Gasteiger partial charge in [0.15, 0.2) is 34.4 Å². The minimum atomic E-state index is -0.434. The molecule has 1 amide bonds. The van der Waals surface area contributed by atoms with Crippen molar-refractivity contribution in [1.82, 2.24) is 29.7 Å². The zero-order chi connectivity index (χ0) is 23.9. The quantitative estimate of drug-likeness (QED) is 0.409. The Balaban J connectivity index is 1.37. The molecule has 0 spiro atoms. The molecule has 1 aromatic carbocycles. The van der Waals surface area contributed by atoms with E-state index in [1.54, 1.807) is 24.3 Å². The summed E-state index contributed by atoms with van der Waals surface area (Å²) < 4.78 is 18.9. The van der Waals surface area contributed by atoms with E-state index in [-0.39, 0.29) is 24.3 Å². The van der Waals surface area contributed by atoms with Crippen molar-refractivity contribution in [2.75, 3.05) is 45.7 Å². The van der Waals surface area contributed by atoms with Crippen molar-refractivity contribution in [1.29, 1.82) is 0 Å². The van der Waals surface area contributed by atoms with Crippen molar-refractivity contribution in [2.45, 2.75) is 12.5 Å². The van der Waals surface area contributed by atoms with Gasteiger partial charge in [-0.05, 0) is 38.6 Å². The van der Waals surface area contributed by atoms with Gasteiger partial charge in [0, 0.05) is 31.8 Å². The van der Waals surface area contributed by atoms with E-state index in [9.17, 15) is 9.18 Å². The van der Waals surface area contributed by atoms with Gasteiger partial charge in [0.2, 0.25) is 5.91 Å². The molecule has 176 valence electrons. The number of rotatable bonds is 7. The first-order valence-corrected chi connectivity index (χ1v) is 10.9. The summed E-state index contributed by atoms with van der Waals surface area (Å²) in [5.41, 5.74) is 1.12. The number of para-hydroxylation sites is 1. The Morgan fingerprint density at radius 2 is 2.24 bits per heavy atom. The van der Waals surface area contributed by atoms with E-state index < -0.39 is 5.82 Å². The van der Waals surface area contributed by atoms with Gasteiger partial charge in [-0.3, -0.25) is 4.79 Å². The molecule has 2 aromatic heterocycles. The number of nitrogens with one attached hydrogen (secondary N) is 2. The predicted molar refractivity (Wildman–Crippen MR) is 127 cm³/mol. The molecule has 34 heavy (non-hydrogen) atoms. The highest BCUT2D eigenvalue weighted by molar-refractivity contribution is 5.88. The van der Waals surface area contributed by atoms with Crippen LogP contribution in [0.2, 0.25) is 0 Å². The molecule has 10 heteroatoms. The van der Waals surface area contributed by atoms with Crippen LogP contribution in [0.5, 0.6) is 5.75 Å². The minimum Gasteiger partial charge on any atom is -0.478 e. The third kappa shape index (κ3) is 5.88. The standard InChI is InChI=1S/C24H26FN7O2/c1-31(2)12-5-10-21(33)32-13-11-17(15-32)28-23-22-24(27-16-26-23)30-20(29-22)9-6-14-34-19-8-4-3-7-18(19)25/h3-5,7-8,10,16-17H,11-15H2,1-2H3,(H2,26,27,28,29,30)/b10-5+. The van der Waals surface area contributed by atoms with Gasteiger partial charge in [-0.25, -0.2) is 19.3 Å². The van der Waals surface area contributed by atoms with Crippen LogP contribution < -0.4 is 10.1 Å². The lowest BCUT2D eigenvalue weighted by Gasteiger charge is -2.16. The summed E-state index contributed by atoms with van der Waals surface area (Å²) in [6.45, 7) is 2.00. The second-order valence-corrected chi connectivity index (χ2v) is 8.10. The van der Waals surface area contributed by atoms with E-state index >= 15 is 0 Å². The Bertz CT molecular complexity index is 1240. The zero-order valence-corrected chi connectivity index (χ0v) is 19.1. The third-order valence-corrected chi connectivity index (χ3v) is 5.20. The van der Waals surface area contributed by atoms with Gasteiger partial charge in [0.05, 0.1) is 0 Å². The number of H-pyrrole nitrogens is 1. The van der Waals surface area contributed by atoms with Crippen LogP contribution in [0.4, 0.5) is 10.2 Å². The number of imidazole rings is 1. The molecule has 9 nitrogen and oxygen atoms in total. The summed E-state index contributed by atoms with van der Waals surface area (Å²) in [6.07, 6.45) is 5.75. The topological polar surface area (TPSA) is 99.3 Å². The number of amides is 1. The molecular formula is C24H26FN7O2. The minimum absolute atomic E-state index is 0.00826. The van der Waals surface area contributed by atoms with E-state index in [0.29, 0.717) is 35.9 Å². The van der Waals surface area contributed by atoms with Gasteiger partial charge < -0.3 is 24.8 Å². The Labute approximate surface area is 197 Å². The van der Waals surface area contributed by atoms with E-state index in [2.05, 4.69) is 37.1 Å². The number of halogens is 1. The number of fused-ring (bicyclic) bond motifs is 1. The number of aromatic nitrogens is 4. The molecule has 3 aromatic rings. The average molecular weight is 464 g/mol. The van der Waals surface area contributed by atoms with Crippen LogP contribution in [0.25, 0.3) is 11.2 Å². The first-order chi connectivity index (χ1) is 16.5. The first-order valence-electron chi connectivity index (χ1n) is 10.9. The SMILES string of the molecule is CN(C)C/C=C/C(=O)N1CCC(Nc2ncnc3[nH]c(C#CCOc4ccccc4F)nc23)C1. The van der Waals surface area contributed by atoms with Crippen LogP contribution in [0.1, 0.15) is 12.2 Å². The molecule has 1 atom stereocenters. The number of hydrogen-bond acceptors (Lipinski definition) is 7. The van der Waals surface area contributed by atoms with Gasteiger partial charge in [0.25, 0.3) is 0 Å². The van der Waals surface area contributed by atoms with Gasteiger partial charge in [0.1, 0.15) is 12.9 Å². The Hall–Kier alpha value is -3.97. The van der Waals surface area contributed by atoms with Crippen LogP contribution in [-0.2, 0) is 4.79 Å². The average Bonchev–Trinajstić information content (AvgIpc) is 3.45. The van der Waals surface area contributed by atoms with Crippen molar-refractivity contribution in [3.63, 3.8) is 0 Å². The number of aromatic amines is 1. The van der Waals surface area contributed by atoms with E-state index in [1.165, 1.54) is 12.4 Å². The van der Waals surface area contributed by atoms with Crippen molar-refractivity contribution >= 4 is 22.9 Å². The van der Waals surface area contributed by atoms with Crippen LogP contribution in [0.15, 0.2) is 42.7 Å². The van der Waals surface area contributed by atoms with Crippen molar-refractivity contribution < 1.29 is 13.9 Å². The Kier molecular flexibility index (Phi) is 7.34. The number of carbonyl (C=O) groups excluding carboxylic acids is 1. The highest BCUT2D eigenvalue weighted by Crippen LogP contribution is 2.20. The summed E-state index contributed by atoms with van der Waals surface area (Å²) in [7, 11) is 3.91. The van der Waals surface area contributed by atoms with E-state index in [0.717, 1.165) is 13.0 Å². The maximum atomic E-state index is 13.6. The lowest BCUT2D eigenvalue weighted by Crippen LogP contribution is -2.30. The van der Waals surface area contributed by atoms with E-state index in [1.807, 2.05) is 30.0 Å². The molecular weight excluding hydrogens is 437 g/mol. The zero-order valence-electron chi connectivity index (χ0n) is 19.1. The normalized spacial score (nSPS) is 15.6. The predicted octanol–water partition coefficient (Wildman–Crippen LogP) is 2.05. The van der Waals surface area contributed by atoms with Crippen molar-refractivity contribution in [3.8, 4) is 17.6 Å². The first kappa shape index (κ1) is 23.2. The van der Waals surface area contributed by atoms with Crippen LogP contribution in [0.3, 0.4) is 0 Å². The molecule has 1 aliphatic heterocycles. The molecule has 2 N–H and O–H groups in total. The number of ether oxygens (including phenoxy) is 1. The van der Waals surface area contributed by atoms with Crippen LogP contribution in [0, 0.1) is 17.7 Å². The second kappa shape index (κ2) is 10.8. The molecule has 0 bridgehead atoms. The fraction of sp³-hybridized carbons (Fsp3) is 0.333. The monoisotopic (exact) mass is 463 g/mol. The molecule has 1 saturated heterocycles. The second-order valence-electron chi connectivity index (χ2n) is 8.10. The number of carbonyl (C=O) groups is 1. The lowest BCUT2D eigenvalue weighted by atomic mass is 10.2. The van der Waals surface area contributed by atoms with Crippen molar-refractivity contribution in [2.24, 2.45) is 0 Å². The Morgan fingerprint density at radius 3 is 3.06 bits per heavy atom. The van der Waals surface area contributed by atoms with Gasteiger partial charge in [-0.2, -0.15) is 0 Å². The number of likely N-dealkylation sites (N-methyl/N-ethyl adjacent to an activating group) is 1. The molecule has 0 aliphatic carbocycles. The summed E-state index contributed by atoms with van der Waals surface area (Å²) in [6, 6.07) is 6.23. The Morgan fingerprint density at radius 1 is 1.38 bits per heavy atom. The summed E-state index contributed by atoms with van der Waals surface area (Å²) in [5.74, 6) is 6.40. The number of nitrogens with zero attached hydrogens (tertiary/aromatic N) is 5. The third-order valence-electron chi connectivity index (χ3n) is 5.20. The molecule has 0 radical (unpaired) electrons. The maximum absolute atomic E-state index is 13.6. The molecule has 1 fully saturated rings. The number of hydrogen-bond donors (Lipinski definition) is 2. The summed E-state index contributed by atoms with van der Waals surface area (Å²) >= 11 is 0. The fourth-order valence-corrected chi connectivity index (χ4v) is 3.53. The number of benzene rings is 1. The van der Waals surface area contributed by atoms with E-state index in [4.69, 9.17) is 4.74 Å². The molecule has 3 heterocycles. The smallest absolute Gasteiger partial charge is 0.246 e. The number of anilines is 1. The van der Waals surface area contributed by atoms with Crippen LogP contribution >= 0.6 is 0 Å². The van der Waals surface area contributed by atoms with Gasteiger partial charge in [-0.1, -0.05) is 24.1 Å². The summed E-state index contributed by atoms with van der Waals surface area (Å²) in [4.78, 5) is 32.3. The highest BCUT2D eigenvalue weighted by Gasteiger charge is 2.26. The fourth-order valence-electron chi connectivity index (χ4n) is 3.53. The highest BCUT2D eigenvalue weighted by atomic mass is 19.1. The maximum Gasteiger partial charge on any atom is 0.246 e. The molecule has 1 unspecified atom stereocenters. The molecule has 1 aliphatic rings. The molecule has 0 saturated carbocycles. The van der Waals surface area contributed by atoms with Gasteiger partial charge in [-0.15, -0.1) is 0 Å². The van der Waals surface area contributed by atoms with Crippen LogP contribution in [-0.4, -0.2) is 82.0 Å².